The standard InChI is InChI=1S/C21H31N5O4/c1-3-11-25-16-15(17(29)26(12-4-2)19(25)30)23-18(24-16)20-5-8-21(9-6-20,10-7-20)22-13-14(27)28/h22H,3-13H2,1-2H3,(H,23,24)(H,27,28). The summed E-state index contributed by atoms with van der Waals surface area (Å²) in [6.07, 6.45) is 6.83. The molecule has 0 aromatic carbocycles. The summed E-state index contributed by atoms with van der Waals surface area (Å²) in [4.78, 5) is 45.0. The molecule has 0 atom stereocenters. The molecule has 30 heavy (non-hydrogen) atoms. The molecule has 2 heterocycles. The molecule has 3 saturated carbocycles. The van der Waals surface area contributed by atoms with Crippen LogP contribution in [0.15, 0.2) is 9.59 Å². The molecule has 9 nitrogen and oxygen atoms in total. The number of hydrogen-bond donors (Lipinski definition) is 3. The van der Waals surface area contributed by atoms with Crippen LogP contribution in [0.3, 0.4) is 0 Å². The maximum absolute atomic E-state index is 13.0. The van der Waals surface area contributed by atoms with E-state index >= 15 is 0 Å². The lowest BCUT2D eigenvalue weighted by Gasteiger charge is -2.52. The topological polar surface area (TPSA) is 122 Å². The number of H-pyrrole nitrogens is 1. The third-order valence-electron chi connectivity index (χ3n) is 7.12. The fraction of sp³-hybridized carbons (Fsp3) is 0.714. The zero-order valence-electron chi connectivity index (χ0n) is 17.8. The number of nitrogens with one attached hydrogen (secondary N) is 2. The van der Waals surface area contributed by atoms with E-state index in [0.29, 0.717) is 30.7 Å². The van der Waals surface area contributed by atoms with Crippen molar-refractivity contribution in [2.75, 3.05) is 6.54 Å². The number of fused-ring (bicyclic) bond motifs is 4. The molecule has 2 aromatic heterocycles. The lowest BCUT2D eigenvalue weighted by atomic mass is 9.57. The lowest BCUT2D eigenvalue weighted by Crippen LogP contribution is -2.57. The number of carbonyl (C=O) groups is 1. The Morgan fingerprint density at radius 3 is 2.23 bits per heavy atom. The van der Waals surface area contributed by atoms with Crippen molar-refractivity contribution in [3.63, 3.8) is 0 Å². The van der Waals surface area contributed by atoms with E-state index in [-0.39, 0.29) is 28.7 Å². The van der Waals surface area contributed by atoms with Crippen molar-refractivity contribution in [2.45, 2.75) is 89.3 Å². The molecular formula is C21H31N5O4. The van der Waals surface area contributed by atoms with Gasteiger partial charge < -0.3 is 15.4 Å². The van der Waals surface area contributed by atoms with Crippen molar-refractivity contribution in [1.82, 2.24) is 24.4 Å². The van der Waals surface area contributed by atoms with E-state index in [9.17, 15) is 14.4 Å². The van der Waals surface area contributed by atoms with E-state index in [4.69, 9.17) is 10.1 Å². The Balaban J connectivity index is 1.72. The van der Waals surface area contributed by atoms with E-state index in [1.165, 1.54) is 4.57 Å². The minimum atomic E-state index is -0.832. The van der Waals surface area contributed by atoms with E-state index in [1.54, 1.807) is 4.57 Å². The van der Waals surface area contributed by atoms with Gasteiger partial charge in [0.1, 0.15) is 11.3 Å². The highest BCUT2D eigenvalue weighted by atomic mass is 16.4. The number of hydrogen-bond acceptors (Lipinski definition) is 5. The first-order valence-electron chi connectivity index (χ1n) is 11.1. The van der Waals surface area contributed by atoms with Crippen molar-refractivity contribution in [2.24, 2.45) is 0 Å². The van der Waals surface area contributed by atoms with Crippen LogP contribution in [0.5, 0.6) is 0 Å². The van der Waals surface area contributed by atoms with Crippen LogP contribution in [0.1, 0.15) is 71.0 Å². The second-order valence-electron chi connectivity index (χ2n) is 8.98. The van der Waals surface area contributed by atoms with E-state index < -0.39 is 5.97 Å². The maximum atomic E-state index is 13.0. The van der Waals surface area contributed by atoms with Crippen LogP contribution in [-0.2, 0) is 23.3 Å². The number of aliphatic carboxylic acids is 1. The molecule has 0 aliphatic heterocycles. The quantitative estimate of drug-likeness (QED) is 0.601. The molecule has 5 rings (SSSR count). The Morgan fingerprint density at radius 2 is 1.67 bits per heavy atom. The molecule has 3 aliphatic carbocycles. The average molecular weight is 418 g/mol. The van der Waals surface area contributed by atoms with E-state index in [2.05, 4.69) is 10.3 Å². The van der Waals surface area contributed by atoms with Crippen LogP contribution in [-0.4, -0.2) is 42.3 Å². The number of rotatable bonds is 8. The van der Waals surface area contributed by atoms with Gasteiger partial charge in [0.15, 0.2) is 5.65 Å². The molecule has 2 bridgehead atoms. The van der Waals surface area contributed by atoms with Gasteiger partial charge in [0.2, 0.25) is 0 Å². The van der Waals surface area contributed by atoms with Crippen molar-refractivity contribution in [3.8, 4) is 0 Å². The van der Waals surface area contributed by atoms with Gasteiger partial charge in [-0.15, -0.1) is 0 Å². The largest absolute Gasteiger partial charge is 0.480 e. The molecule has 0 unspecified atom stereocenters. The molecule has 0 spiro atoms. The summed E-state index contributed by atoms with van der Waals surface area (Å²) in [6.45, 7) is 4.86. The van der Waals surface area contributed by atoms with Crippen molar-refractivity contribution in [3.05, 3.63) is 26.7 Å². The second kappa shape index (κ2) is 7.68. The summed E-state index contributed by atoms with van der Waals surface area (Å²) < 4.78 is 2.95. The Morgan fingerprint density at radius 1 is 1.07 bits per heavy atom. The van der Waals surface area contributed by atoms with Gasteiger partial charge in [0.25, 0.3) is 5.56 Å². The predicted octanol–water partition coefficient (Wildman–Crippen LogP) is 1.72. The Hall–Kier alpha value is -2.42. The number of nitrogens with zero attached hydrogens (tertiary/aromatic N) is 3. The summed E-state index contributed by atoms with van der Waals surface area (Å²) >= 11 is 0. The maximum Gasteiger partial charge on any atom is 0.332 e. The fourth-order valence-corrected chi connectivity index (χ4v) is 5.33. The monoisotopic (exact) mass is 417 g/mol. The molecule has 9 heteroatoms. The summed E-state index contributed by atoms with van der Waals surface area (Å²) in [5, 5.41) is 12.3. The van der Waals surface area contributed by atoms with Crippen LogP contribution in [0.4, 0.5) is 0 Å². The Bertz CT molecular complexity index is 1050. The van der Waals surface area contributed by atoms with Gasteiger partial charge in [-0.05, 0) is 51.4 Å². The number of aromatic amines is 1. The number of carboxylic acids is 1. The Labute approximate surface area is 174 Å². The number of imidazole rings is 1. The van der Waals surface area contributed by atoms with Crippen molar-refractivity contribution < 1.29 is 9.90 Å². The first kappa shape index (κ1) is 20.8. The zero-order valence-corrected chi connectivity index (χ0v) is 17.8. The van der Waals surface area contributed by atoms with Crippen LogP contribution >= 0.6 is 0 Å². The van der Waals surface area contributed by atoms with Gasteiger partial charge in [0.05, 0.1) is 6.54 Å². The molecule has 0 amide bonds. The number of aryl methyl sites for hydroxylation is 1. The van der Waals surface area contributed by atoms with E-state index in [1.807, 2.05) is 13.8 Å². The van der Waals surface area contributed by atoms with Gasteiger partial charge >= 0.3 is 11.7 Å². The normalized spacial score (nSPS) is 25.8. The molecule has 2 aromatic rings. The highest BCUT2D eigenvalue weighted by Crippen LogP contribution is 2.52. The fourth-order valence-electron chi connectivity index (χ4n) is 5.33. The van der Waals surface area contributed by atoms with E-state index in [0.717, 1.165) is 50.8 Å². The molecule has 0 saturated heterocycles. The highest BCUT2D eigenvalue weighted by Gasteiger charge is 2.50. The zero-order chi connectivity index (χ0) is 21.5. The highest BCUT2D eigenvalue weighted by molar-refractivity contribution is 5.70. The molecule has 3 fully saturated rings. The van der Waals surface area contributed by atoms with Crippen LogP contribution in [0.25, 0.3) is 11.2 Å². The van der Waals surface area contributed by atoms with Gasteiger partial charge in [0, 0.05) is 24.0 Å². The smallest absolute Gasteiger partial charge is 0.332 e. The summed E-state index contributed by atoms with van der Waals surface area (Å²) in [5.41, 5.74) is 0.0760. The molecule has 3 N–H and O–H groups in total. The Kier molecular flexibility index (Phi) is 5.34. The van der Waals surface area contributed by atoms with Gasteiger partial charge in [-0.1, -0.05) is 13.8 Å². The van der Waals surface area contributed by atoms with Crippen LogP contribution < -0.4 is 16.6 Å². The summed E-state index contributed by atoms with van der Waals surface area (Å²) in [6, 6.07) is 0. The average Bonchev–Trinajstić information content (AvgIpc) is 3.20. The SMILES string of the molecule is CCCn1c(=O)c2[nH]c(C34CCC(NCC(=O)O)(CC3)CC4)nc2n(CCC)c1=O. The minimum absolute atomic E-state index is 0.0160. The molecule has 3 aliphatic rings. The first-order chi connectivity index (χ1) is 14.3. The van der Waals surface area contributed by atoms with Crippen LogP contribution in [0, 0.1) is 0 Å². The summed E-state index contributed by atoms with van der Waals surface area (Å²) in [5.74, 6) is -0.0269. The van der Waals surface area contributed by atoms with Gasteiger partial charge in [-0.25, -0.2) is 9.78 Å². The molecular weight excluding hydrogens is 386 g/mol. The predicted molar refractivity (Wildman–Crippen MR) is 113 cm³/mol. The van der Waals surface area contributed by atoms with Crippen molar-refractivity contribution >= 4 is 17.1 Å². The van der Waals surface area contributed by atoms with Crippen molar-refractivity contribution in [1.29, 1.82) is 0 Å². The molecule has 0 radical (unpaired) electrons. The van der Waals surface area contributed by atoms with Gasteiger partial charge in [-0.2, -0.15) is 0 Å². The van der Waals surface area contributed by atoms with Crippen LogP contribution in [0.2, 0.25) is 0 Å². The number of carboxylic acid groups (broad SMARTS) is 1. The second-order valence-corrected chi connectivity index (χ2v) is 8.98. The third kappa shape index (κ3) is 3.29. The number of aromatic nitrogens is 4. The summed E-state index contributed by atoms with van der Waals surface area (Å²) in [7, 11) is 0. The lowest BCUT2D eigenvalue weighted by molar-refractivity contribution is -0.136. The third-order valence-corrected chi connectivity index (χ3v) is 7.12. The molecule has 164 valence electrons. The van der Waals surface area contributed by atoms with Gasteiger partial charge in [-0.3, -0.25) is 18.7 Å². The first-order valence-corrected chi connectivity index (χ1v) is 11.1. The minimum Gasteiger partial charge on any atom is -0.480 e.